The van der Waals surface area contributed by atoms with Gasteiger partial charge in [0.15, 0.2) is 0 Å². The van der Waals surface area contributed by atoms with E-state index in [1.54, 1.807) is 0 Å². The molecule has 10 heavy (non-hydrogen) atoms. The van der Waals surface area contributed by atoms with Gasteiger partial charge in [0.05, 0.1) is 6.61 Å². The summed E-state index contributed by atoms with van der Waals surface area (Å²) >= 11 is 0. The number of allylic oxidation sites excluding steroid dienone is 2. The molecule has 1 nitrogen and oxygen atoms in total. The lowest BCUT2D eigenvalue weighted by Gasteiger charge is -2.11. The van der Waals surface area contributed by atoms with E-state index >= 15 is 0 Å². The average Bonchev–Trinajstić information content (AvgIpc) is 2.33. The molecule has 1 heteroatoms. The number of ether oxygens (including phenoxy) is 1. The van der Waals surface area contributed by atoms with Crippen LogP contribution in [0.3, 0.4) is 0 Å². The molecule has 54 valence electrons. The maximum absolute atomic E-state index is 5.40. The Hall–Kier alpha value is -0.720. The van der Waals surface area contributed by atoms with Crippen LogP contribution in [0.4, 0.5) is 0 Å². The van der Waals surface area contributed by atoms with Crippen LogP contribution >= 0.6 is 0 Å². The van der Waals surface area contributed by atoms with E-state index < -0.39 is 0 Å². The Kier molecular flexibility index (Phi) is 1.30. The van der Waals surface area contributed by atoms with E-state index in [1.165, 1.54) is 12.0 Å². The molecule has 1 aliphatic heterocycles. The van der Waals surface area contributed by atoms with Gasteiger partial charge in [-0.1, -0.05) is 13.0 Å². The van der Waals surface area contributed by atoms with Crippen LogP contribution in [0, 0.1) is 5.92 Å². The summed E-state index contributed by atoms with van der Waals surface area (Å²) < 4.78 is 5.40. The smallest absolute Gasteiger partial charge is 0.118 e. The lowest BCUT2D eigenvalue weighted by molar-refractivity contribution is 0.256. The van der Waals surface area contributed by atoms with Crippen LogP contribution in [0.25, 0.3) is 0 Å². The standard InChI is InChI=1S/C9H12O/c1-7-2-3-9-8(6-7)4-5-10-9/h2-3,7H,4-6H2,1H3. The Balaban J connectivity index is 2.22. The molecule has 0 aromatic carbocycles. The van der Waals surface area contributed by atoms with Crippen LogP contribution in [-0.4, -0.2) is 6.61 Å². The van der Waals surface area contributed by atoms with E-state index in [9.17, 15) is 0 Å². The van der Waals surface area contributed by atoms with E-state index in [4.69, 9.17) is 4.74 Å². The van der Waals surface area contributed by atoms with Gasteiger partial charge in [-0.15, -0.1) is 0 Å². The molecule has 0 saturated carbocycles. The molecule has 0 aromatic heterocycles. The first-order valence-electron chi connectivity index (χ1n) is 3.89. The number of hydrogen-bond donors (Lipinski definition) is 0. The Morgan fingerprint density at radius 3 is 3.40 bits per heavy atom. The Bertz CT molecular complexity index is 201. The van der Waals surface area contributed by atoms with Gasteiger partial charge in [0.25, 0.3) is 0 Å². The second-order valence-corrected chi connectivity index (χ2v) is 3.11. The van der Waals surface area contributed by atoms with Crippen molar-refractivity contribution in [2.45, 2.75) is 19.8 Å². The predicted molar refractivity (Wildman–Crippen MR) is 40.5 cm³/mol. The highest BCUT2D eigenvalue weighted by Crippen LogP contribution is 2.30. The van der Waals surface area contributed by atoms with Crippen molar-refractivity contribution in [3.05, 3.63) is 23.5 Å². The maximum Gasteiger partial charge on any atom is 0.118 e. The molecule has 0 N–H and O–H groups in total. The summed E-state index contributed by atoms with van der Waals surface area (Å²) in [6.07, 6.45) is 6.72. The summed E-state index contributed by atoms with van der Waals surface area (Å²) in [7, 11) is 0. The van der Waals surface area contributed by atoms with Crippen LogP contribution in [0.2, 0.25) is 0 Å². The largest absolute Gasteiger partial charge is 0.493 e. The molecule has 0 amide bonds. The molecule has 1 atom stereocenters. The highest BCUT2D eigenvalue weighted by Gasteiger charge is 2.18. The first-order chi connectivity index (χ1) is 4.86. The van der Waals surface area contributed by atoms with Gasteiger partial charge in [0, 0.05) is 6.42 Å². The lowest BCUT2D eigenvalue weighted by Crippen LogP contribution is -1.97. The van der Waals surface area contributed by atoms with Crippen molar-refractivity contribution >= 4 is 0 Å². The molecule has 1 heterocycles. The van der Waals surface area contributed by atoms with E-state index in [-0.39, 0.29) is 0 Å². The molecular weight excluding hydrogens is 124 g/mol. The Labute approximate surface area is 61.4 Å². The normalized spacial score (nSPS) is 30.3. The minimum atomic E-state index is 0.723. The van der Waals surface area contributed by atoms with Gasteiger partial charge in [-0.2, -0.15) is 0 Å². The third-order valence-corrected chi connectivity index (χ3v) is 2.15. The first kappa shape index (κ1) is 6.02. The molecule has 0 spiro atoms. The SMILES string of the molecule is CC1C=CC2=C(CCO2)C1. The van der Waals surface area contributed by atoms with Gasteiger partial charge >= 0.3 is 0 Å². The van der Waals surface area contributed by atoms with Gasteiger partial charge in [-0.3, -0.25) is 0 Å². The van der Waals surface area contributed by atoms with Gasteiger partial charge in [-0.05, 0) is 24.0 Å². The summed E-state index contributed by atoms with van der Waals surface area (Å²) in [6.45, 7) is 3.15. The fourth-order valence-electron chi connectivity index (χ4n) is 1.59. The fourth-order valence-corrected chi connectivity index (χ4v) is 1.59. The van der Waals surface area contributed by atoms with Gasteiger partial charge < -0.3 is 4.74 Å². The van der Waals surface area contributed by atoms with E-state index in [0.29, 0.717) is 0 Å². The topological polar surface area (TPSA) is 9.23 Å². The summed E-state index contributed by atoms with van der Waals surface area (Å²) in [5.41, 5.74) is 1.52. The third-order valence-electron chi connectivity index (χ3n) is 2.15. The van der Waals surface area contributed by atoms with Crippen LogP contribution in [0.5, 0.6) is 0 Å². The maximum atomic E-state index is 5.40. The quantitative estimate of drug-likeness (QED) is 0.496. The van der Waals surface area contributed by atoms with Crippen molar-refractivity contribution < 1.29 is 4.74 Å². The molecule has 0 aromatic rings. The number of hydrogen-bond acceptors (Lipinski definition) is 1. The van der Waals surface area contributed by atoms with Crippen LogP contribution in [-0.2, 0) is 4.74 Å². The van der Waals surface area contributed by atoms with Crippen molar-refractivity contribution in [1.82, 2.24) is 0 Å². The second-order valence-electron chi connectivity index (χ2n) is 3.11. The monoisotopic (exact) mass is 136 g/mol. The Morgan fingerprint density at radius 2 is 2.50 bits per heavy atom. The first-order valence-corrected chi connectivity index (χ1v) is 3.89. The van der Waals surface area contributed by atoms with Crippen LogP contribution in [0.15, 0.2) is 23.5 Å². The molecule has 2 aliphatic rings. The van der Waals surface area contributed by atoms with Crippen molar-refractivity contribution in [2.75, 3.05) is 6.61 Å². The number of rotatable bonds is 0. The Morgan fingerprint density at radius 1 is 1.60 bits per heavy atom. The summed E-state index contributed by atoms with van der Waals surface area (Å²) in [5.74, 6) is 1.87. The van der Waals surface area contributed by atoms with Crippen molar-refractivity contribution in [1.29, 1.82) is 0 Å². The average molecular weight is 136 g/mol. The highest BCUT2D eigenvalue weighted by molar-refractivity contribution is 5.28. The third kappa shape index (κ3) is 0.859. The summed E-state index contributed by atoms with van der Waals surface area (Å²) in [5, 5.41) is 0. The molecule has 0 radical (unpaired) electrons. The molecular formula is C9H12O. The van der Waals surface area contributed by atoms with Gasteiger partial charge in [-0.25, -0.2) is 0 Å². The van der Waals surface area contributed by atoms with Crippen LogP contribution in [0.1, 0.15) is 19.8 Å². The molecule has 1 unspecified atom stereocenters. The molecule has 0 fully saturated rings. The predicted octanol–water partition coefficient (Wildman–Crippen LogP) is 2.26. The van der Waals surface area contributed by atoms with Gasteiger partial charge in [0.2, 0.25) is 0 Å². The molecule has 0 saturated heterocycles. The summed E-state index contributed by atoms with van der Waals surface area (Å²) in [4.78, 5) is 0. The summed E-state index contributed by atoms with van der Waals surface area (Å²) in [6, 6.07) is 0. The second kappa shape index (κ2) is 2.15. The van der Waals surface area contributed by atoms with Crippen molar-refractivity contribution in [3.63, 3.8) is 0 Å². The van der Waals surface area contributed by atoms with E-state index in [0.717, 1.165) is 24.7 Å². The van der Waals surface area contributed by atoms with Crippen molar-refractivity contribution in [3.8, 4) is 0 Å². The minimum absolute atomic E-state index is 0.723. The minimum Gasteiger partial charge on any atom is -0.493 e. The van der Waals surface area contributed by atoms with E-state index in [2.05, 4.69) is 19.1 Å². The van der Waals surface area contributed by atoms with Crippen molar-refractivity contribution in [2.24, 2.45) is 5.92 Å². The zero-order valence-electron chi connectivity index (χ0n) is 6.26. The highest BCUT2D eigenvalue weighted by atomic mass is 16.5. The zero-order valence-corrected chi connectivity index (χ0v) is 6.26. The molecule has 0 bridgehead atoms. The fraction of sp³-hybridized carbons (Fsp3) is 0.556. The molecule has 1 aliphatic carbocycles. The van der Waals surface area contributed by atoms with E-state index in [1.807, 2.05) is 0 Å². The zero-order chi connectivity index (χ0) is 6.97. The molecule has 2 rings (SSSR count). The van der Waals surface area contributed by atoms with Gasteiger partial charge in [0.1, 0.15) is 5.76 Å². The lowest BCUT2D eigenvalue weighted by atomic mass is 9.94. The van der Waals surface area contributed by atoms with Crippen LogP contribution < -0.4 is 0 Å².